The second-order valence-corrected chi connectivity index (χ2v) is 8.40. The van der Waals surface area contributed by atoms with Crippen molar-refractivity contribution in [3.63, 3.8) is 0 Å². The van der Waals surface area contributed by atoms with Crippen molar-refractivity contribution >= 4 is 28.4 Å². The summed E-state index contributed by atoms with van der Waals surface area (Å²) in [5, 5.41) is 4.99. The summed E-state index contributed by atoms with van der Waals surface area (Å²) in [6, 6.07) is 16.1. The van der Waals surface area contributed by atoms with Crippen molar-refractivity contribution in [2.75, 3.05) is 19.6 Å². The fraction of sp³-hybridized carbons (Fsp3) is 0.348. The Morgan fingerprint density at radius 3 is 2.50 bits per heavy atom. The van der Waals surface area contributed by atoms with E-state index in [-0.39, 0.29) is 11.9 Å². The number of nitrogens with one attached hydrogen (secondary N) is 1. The number of carbonyl (C=O) groups excluding carboxylic acids is 1. The zero-order valence-electron chi connectivity index (χ0n) is 16.0. The number of piperidine rings is 3. The molecule has 1 N–H and O–H groups in total. The monoisotopic (exact) mass is 393 g/mol. The lowest BCUT2D eigenvalue weighted by atomic mass is 9.84. The number of nitrogens with zero attached hydrogens (tertiary/aromatic N) is 2. The van der Waals surface area contributed by atoms with Gasteiger partial charge in [-0.25, -0.2) is 0 Å². The van der Waals surface area contributed by atoms with Crippen LogP contribution in [-0.2, 0) is 7.05 Å². The minimum absolute atomic E-state index is 0.00506. The molecule has 2 bridgehead atoms. The third-order valence-electron chi connectivity index (χ3n) is 6.44. The highest BCUT2D eigenvalue weighted by Gasteiger charge is 2.36. The Morgan fingerprint density at radius 1 is 1.07 bits per heavy atom. The average molecular weight is 394 g/mol. The van der Waals surface area contributed by atoms with E-state index >= 15 is 0 Å². The van der Waals surface area contributed by atoms with E-state index in [2.05, 4.69) is 20.9 Å². The molecule has 3 aromatic rings. The van der Waals surface area contributed by atoms with Crippen molar-refractivity contribution in [2.24, 2.45) is 13.0 Å². The first-order chi connectivity index (χ1) is 13.6. The lowest BCUT2D eigenvalue weighted by molar-refractivity contribution is 0.0621. The zero-order chi connectivity index (χ0) is 19.3. The topological polar surface area (TPSA) is 37.3 Å². The van der Waals surface area contributed by atoms with Gasteiger partial charge in [-0.05, 0) is 44.0 Å². The summed E-state index contributed by atoms with van der Waals surface area (Å²) in [6.07, 6.45) is 2.36. The van der Waals surface area contributed by atoms with E-state index < -0.39 is 0 Å². The van der Waals surface area contributed by atoms with Crippen LogP contribution in [0.3, 0.4) is 0 Å². The van der Waals surface area contributed by atoms with E-state index in [1.165, 1.54) is 12.8 Å². The number of benzene rings is 2. The molecule has 28 heavy (non-hydrogen) atoms. The third-order valence-corrected chi connectivity index (χ3v) is 6.77. The number of hydrogen-bond acceptors (Lipinski definition) is 2. The Morgan fingerprint density at radius 2 is 1.79 bits per heavy atom. The Labute approximate surface area is 170 Å². The van der Waals surface area contributed by atoms with Crippen molar-refractivity contribution in [3.05, 3.63) is 59.1 Å². The molecule has 5 heteroatoms. The molecule has 144 valence electrons. The quantitative estimate of drug-likeness (QED) is 0.719. The zero-order valence-corrected chi connectivity index (χ0v) is 16.7. The average Bonchev–Trinajstić information content (AvgIpc) is 3.02. The molecule has 0 unspecified atom stereocenters. The van der Waals surface area contributed by atoms with Crippen molar-refractivity contribution in [1.29, 1.82) is 0 Å². The van der Waals surface area contributed by atoms with Gasteiger partial charge in [0, 0.05) is 41.1 Å². The Kier molecular flexibility index (Phi) is 4.41. The number of rotatable bonds is 3. The van der Waals surface area contributed by atoms with Gasteiger partial charge in [0.2, 0.25) is 0 Å². The van der Waals surface area contributed by atoms with Crippen LogP contribution in [0.5, 0.6) is 0 Å². The normalized spacial score (nSPS) is 23.9. The number of hydrogen-bond donors (Lipinski definition) is 1. The Balaban J connectivity index is 1.61. The van der Waals surface area contributed by atoms with Crippen molar-refractivity contribution < 1.29 is 4.79 Å². The largest absolute Gasteiger partial charge is 0.348 e. The van der Waals surface area contributed by atoms with E-state index in [1.807, 2.05) is 49.5 Å². The van der Waals surface area contributed by atoms with Gasteiger partial charge in [0.15, 0.2) is 0 Å². The Hall–Kier alpha value is -2.30. The molecule has 2 aromatic carbocycles. The molecule has 4 nitrogen and oxygen atoms in total. The second-order valence-electron chi connectivity index (χ2n) is 8.00. The highest BCUT2D eigenvalue weighted by molar-refractivity contribution is 6.33. The predicted molar refractivity (Wildman–Crippen MR) is 114 cm³/mol. The van der Waals surface area contributed by atoms with Crippen LogP contribution < -0.4 is 5.32 Å². The number of aromatic nitrogens is 1. The van der Waals surface area contributed by atoms with Gasteiger partial charge in [-0.2, -0.15) is 0 Å². The molecule has 0 spiro atoms. The molecule has 3 fully saturated rings. The number of para-hydroxylation sites is 1. The van der Waals surface area contributed by atoms with Crippen LogP contribution in [0.15, 0.2) is 48.5 Å². The van der Waals surface area contributed by atoms with Gasteiger partial charge in [-0.3, -0.25) is 4.79 Å². The summed E-state index contributed by atoms with van der Waals surface area (Å²) in [6.45, 7) is 3.29. The molecule has 0 saturated carbocycles. The van der Waals surface area contributed by atoms with Crippen LogP contribution in [0, 0.1) is 5.92 Å². The van der Waals surface area contributed by atoms with Gasteiger partial charge >= 0.3 is 0 Å². The number of carbonyl (C=O) groups is 1. The summed E-state index contributed by atoms with van der Waals surface area (Å²) in [7, 11) is 2.01. The van der Waals surface area contributed by atoms with Gasteiger partial charge in [0.25, 0.3) is 5.91 Å². The first-order valence-electron chi connectivity index (χ1n) is 9.99. The van der Waals surface area contributed by atoms with Crippen molar-refractivity contribution in [2.45, 2.75) is 18.9 Å². The molecule has 3 saturated heterocycles. The number of amides is 1. The molecular weight excluding hydrogens is 370 g/mol. The molecule has 3 aliphatic heterocycles. The van der Waals surface area contributed by atoms with Crippen LogP contribution in [0.4, 0.5) is 0 Å². The minimum Gasteiger partial charge on any atom is -0.348 e. The smallest absolute Gasteiger partial charge is 0.254 e. The number of fused-ring (bicyclic) bond motifs is 4. The van der Waals surface area contributed by atoms with Gasteiger partial charge in [-0.15, -0.1) is 0 Å². The van der Waals surface area contributed by atoms with Crippen molar-refractivity contribution in [3.8, 4) is 11.3 Å². The molecular formula is C23H24ClN3O. The van der Waals surface area contributed by atoms with Gasteiger partial charge in [-0.1, -0.05) is 48.0 Å². The van der Waals surface area contributed by atoms with Gasteiger partial charge in [0.1, 0.15) is 0 Å². The minimum atomic E-state index is 0.00506. The third kappa shape index (κ3) is 2.83. The van der Waals surface area contributed by atoms with E-state index in [1.54, 1.807) is 0 Å². The standard InChI is InChI=1S/C23H24ClN3O/c1-26-20-9-5-3-7-17(20)21(22(26)16-6-2-4-8-18(16)24)23(28)25-19-14-27-12-10-15(19)11-13-27/h2-9,15,19H,10-14H2,1H3,(H,25,28)/t19-/m1/s1. The molecule has 0 radical (unpaired) electrons. The number of halogens is 1. The van der Waals surface area contributed by atoms with E-state index in [4.69, 9.17) is 11.6 Å². The summed E-state index contributed by atoms with van der Waals surface area (Å²) < 4.78 is 2.09. The maximum atomic E-state index is 13.5. The summed E-state index contributed by atoms with van der Waals surface area (Å²) >= 11 is 6.53. The van der Waals surface area contributed by atoms with E-state index in [0.29, 0.717) is 10.9 Å². The predicted octanol–water partition coefficient (Wildman–Crippen LogP) is 4.32. The summed E-state index contributed by atoms with van der Waals surface area (Å²) in [4.78, 5) is 16.0. The van der Waals surface area contributed by atoms with Gasteiger partial charge in [0.05, 0.1) is 11.3 Å². The number of aryl methyl sites for hydroxylation is 1. The lowest BCUT2D eigenvalue weighted by Gasteiger charge is -2.44. The fourth-order valence-electron chi connectivity index (χ4n) is 4.96. The highest BCUT2D eigenvalue weighted by Crippen LogP contribution is 2.37. The van der Waals surface area contributed by atoms with E-state index in [9.17, 15) is 4.79 Å². The molecule has 3 aliphatic rings. The lowest BCUT2D eigenvalue weighted by Crippen LogP contribution is -2.57. The SMILES string of the molecule is Cn1c(-c2ccccc2Cl)c(C(=O)N[C@@H]2CN3CCC2CC3)c2ccccc21. The first kappa shape index (κ1) is 17.8. The molecule has 1 aromatic heterocycles. The fourth-order valence-corrected chi connectivity index (χ4v) is 5.19. The van der Waals surface area contributed by atoms with Crippen LogP contribution in [0.25, 0.3) is 22.2 Å². The van der Waals surface area contributed by atoms with Crippen LogP contribution >= 0.6 is 11.6 Å². The Bertz CT molecular complexity index is 1050. The first-order valence-corrected chi connectivity index (χ1v) is 10.4. The van der Waals surface area contributed by atoms with Crippen LogP contribution in [-0.4, -0.2) is 41.1 Å². The van der Waals surface area contributed by atoms with Gasteiger partial charge < -0.3 is 14.8 Å². The maximum absolute atomic E-state index is 13.5. The second kappa shape index (κ2) is 6.94. The molecule has 1 atom stereocenters. The van der Waals surface area contributed by atoms with Crippen molar-refractivity contribution in [1.82, 2.24) is 14.8 Å². The van der Waals surface area contributed by atoms with Crippen LogP contribution in [0.2, 0.25) is 5.02 Å². The molecule has 4 heterocycles. The summed E-state index contributed by atoms with van der Waals surface area (Å²) in [5.74, 6) is 0.596. The maximum Gasteiger partial charge on any atom is 0.254 e. The summed E-state index contributed by atoms with van der Waals surface area (Å²) in [5.41, 5.74) is 3.53. The molecule has 0 aliphatic carbocycles. The van der Waals surface area contributed by atoms with E-state index in [0.717, 1.165) is 47.4 Å². The molecule has 6 rings (SSSR count). The highest BCUT2D eigenvalue weighted by atomic mass is 35.5. The molecule has 1 amide bonds. The van der Waals surface area contributed by atoms with Crippen LogP contribution in [0.1, 0.15) is 23.2 Å².